The van der Waals surface area contributed by atoms with Crippen LogP contribution in [0.4, 0.5) is 0 Å². The summed E-state index contributed by atoms with van der Waals surface area (Å²) in [7, 11) is 0. The fourth-order valence-corrected chi connectivity index (χ4v) is 5.18. The van der Waals surface area contributed by atoms with Gasteiger partial charge in [-0.2, -0.15) is 0 Å². The number of nitrogens with zero attached hydrogens (tertiary/aromatic N) is 1. The van der Waals surface area contributed by atoms with E-state index >= 15 is 0 Å². The molecular weight excluding hydrogens is 429 g/mol. The average molecular weight is 458 g/mol. The molecule has 0 saturated heterocycles. The first kappa shape index (κ1) is 12.3. The largest absolute Gasteiger partial charge is 0.458 e. The van der Waals surface area contributed by atoms with E-state index in [2.05, 4.69) is 0 Å². The van der Waals surface area contributed by atoms with Crippen molar-refractivity contribution in [2.24, 2.45) is 0 Å². The minimum atomic E-state index is -1.14. The highest BCUT2D eigenvalue weighted by Crippen LogP contribution is 2.39. The van der Waals surface area contributed by atoms with Crippen LogP contribution in [0.15, 0.2) is 103 Å². The Kier molecular flexibility index (Phi) is 2.39. The third kappa shape index (κ3) is 2.57. The van der Waals surface area contributed by atoms with Crippen LogP contribution in [0.2, 0.25) is 0 Å². The highest BCUT2D eigenvalue weighted by molar-refractivity contribution is 6.98. The zero-order valence-corrected chi connectivity index (χ0v) is 18.5. The van der Waals surface area contributed by atoms with Crippen molar-refractivity contribution in [1.82, 2.24) is 4.57 Å². The topological polar surface area (TPSA) is 23.4 Å². The fourth-order valence-electron chi connectivity index (χ4n) is 5.18. The van der Waals surface area contributed by atoms with Crippen LogP contribution in [-0.4, -0.2) is 11.3 Å². The number of rotatable bonds is 1. The van der Waals surface area contributed by atoms with Gasteiger partial charge in [0.1, 0.15) is 23.0 Å². The molecule has 2 aliphatic rings. The number of benzene rings is 5. The number of aromatic nitrogens is 1. The molecule has 8 rings (SSSR count). The maximum Gasteiger partial charge on any atom is 0.260 e. The molecule has 4 heteroatoms. The number of ether oxygens (including phenoxy) is 2. The Bertz CT molecular complexity index is 2160. The van der Waals surface area contributed by atoms with E-state index in [9.17, 15) is 2.74 Å². The maximum absolute atomic E-state index is 9.48. The second-order valence-corrected chi connectivity index (χ2v) is 8.66. The first-order valence-corrected chi connectivity index (χ1v) is 11.3. The van der Waals surface area contributed by atoms with Gasteiger partial charge in [-0.25, -0.2) is 0 Å². The van der Waals surface area contributed by atoms with Crippen molar-refractivity contribution in [3.63, 3.8) is 0 Å². The summed E-state index contributed by atoms with van der Waals surface area (Å²) in [5.74, 6) is -0.371. The van der Waals surface area contributed by atoms with Gasteiger partial charge in [0, 0.05) is 28.3 Å². The van der Waals surface area contributed by atoms with E-state index in [0.29, 0.717) is 0 Å². The molecule has 0 radical (unpaired) electrons. The Morgan fingerprint density at radius 1 is 0.686 bits per heavy atom. The lowest BCUT2D eigenvalue weighted by atomic mass is 9.35. The summed E-state index contributed by atoms with van der Waals surface area (Å²) in [6, 6.07) is 12.3. The highest BCUT2D eigenvalue weighted by atomic mass is 16.5. The fraction of sp³-hybridized carbons (Fsp3) is 0.0323. The van der Waals surface area contributed by atoms with Crippen LogP contribution in [-0.2, 0) is 0 Å². The van der Waals surface area contributed by atoms with Gasteiger partial charge in [-0.05, 0) is 47.6 Å². The lowest BCUT2D eigenvalue weighted by molar-refractivity contribution is 0.464. The molecule has 0 atom stereocenters. The zero-order valence-electron chi connectivity index (χ0n) is 27.5. The molecule has 164 valence electrons. The van der Waals surface area contributed by atoms with Crippen molar-refractivity contribution < 1.29 is 21.8 Å². The molecule has 5 aromatic carbocycles. The molecule has 0 amide bonds. The van der Waals surface area contributed by atoms with Crippen molar-refractivity contribution in [2.75, 3.05) is 0 Å². The predicted molar refractivity (Wildman–Crippen MR) is 143 cm³/mol. The van der Waals surface area contributed by atoms with Gasteiger partial charge in [0.15, 0.2) is 0 Å². The molecule has 1 aromatic heterocycles. The molecule has 0 spiro atoms. The van der Waals surface area contributed by atoms with E-state index in [0.717, 1.165) is 21.8 Å². The second-order valence-electron chi connectivity index (χ2n) is 8.66. The molecule has 0 saturated carbocycles. The third-order valence-electron chi connectivity index (χ3n) is 6.64. The Labute approximate surface area is 215 Å². The number of hydrogen-bond donors (Lipinski definition) is 0. The molecular formula is C31H20BNO2. The van der Waals surface area contributed by atoms with Crippen molar-refractivity contribution in [2.45, 2.75) is 6.92 Å². The Balaban J connectivity index is 1.56. The third-order valence-corrected chi connectivity index (χ3v) is 6.64. The van der Waals surface area contributed by atoms with Gasteiger partial charge in [0.05, 0.1) is 29.1 Å². The van der Waals surface area contributed by atoms with Gasteiger partial charge in [-0.3, -0.25) is 0 Å². The molecule has 0 fully saturated rings. The van der Waals surface area contributed by atoms with Gasteiger partial charge >= 0.3 is 0 Å². The molecule has 0 N–H and O–H groups in total. The summed E-state index contributed by atoms with van der Waals surface area (Å²) in [6.07, 6.45) is 0. The molecule has 0 bridgehead atoms. The average Bonchev–Trinajstić information content (AvgIpc) is 3.36. The number of para-hydroxylation sites is 3. The van der Waals surface area contributed by atoms with Crippen LogP contribution in [0.5, 0.6) is 23.0 Å². The molecule has 0 aliphatic carbocycles. The Hall–Kier alpha value is -4.44. The SMILES string of the molecule is [2H]c1c([2H])c([2H])c2c(c1[2H])Oc1c([2H])c(-n3c4ccccc4c4ccccc43)c([2H])c3c1B2c1c([2H])c([2H])c(C)c([2H])c1O3. The van der Waals surface area contributed by atoms with Crippen LogP contribution >= 0.6 is 0 Å². The van der Waals surface area contributed by atoms with Gasteiger partial charge in [0.2, 0.25) is 0 Å². The molecule has 3 heterocycles. The lowest BCUT2D eigenvalue weighted by Gasteiger charge is -2.33. The zero-order chi connectivity index (χ0) is 30.9. The van der Waals surface area contributed by atoms with Crippen molar-refractivity contribution in [3.05, 3.63) is 108 Å². The minimum absolute atomic E-state index is 0.00821. The summed E-state index contributed by atoms with van der Waals surface area (Å²) >= 11 is 0. The van der Waals surface area contributed by atoms with E-state index in [1.54, 1.807) is 4.57 Å². The number of fused-ring (bicyclic) bond motifs is 7. The number of hydrogen-bond acceptors (Lipinski definition) is 2. The van der Waals surface area contributed by atoms with E-state index in [1.807, 2.05) is 48.5 Å². The second kappa shape index (κ2) is 6.80. The highest BCUT2D eigenvalue weighted by Gasteiger charge is 2.40. The van der Waals surface area contributed by atoms with Gasteiger partial charge in [0.25, 0.3) is 6.71 Å². The minimum Gasteiger partial charge on any atom is -0.458 e. The van der Waals surface area contributed by atoms with Crippen molar-refractivity contribution in [1.29, 1.82) is 0 Å². The van der Waals surface area contributed by atoms with E-state index < -0.39 is 30.9 Å². The van der Waals surface area contributed by atoms with E-state index in [1.165, 1.54) is 6.92 Å². The maximum atomic E-state index is 9.48. The summed E-state index contributed by atoms with van der Waals surface area (Å²) in [6.45, 7) is 0.394. The monoisotopic (exact) mass is 458 g/mol. The Morgan fingerprint density at radius 3 is 2.06 bits per heavy atom. The first-order valence-electron chi connectivity index (χ1n) is 15.8. The van der Waals surface area contributed by atoms with E-state index in [4.69, 9.17) is 19.1 Å². The van der Waals surface area contributed by atoms with Crippen LogP contribution < -0.4 is 25.9 Å². The molecule has 3 nitrogen and oxygen atoms in total. The van der Waals surface area contributed by atoms with Crippen molar-refractivity contribution >= 4 is 44.9 Å². The van der Waals surface area contributed by atoms with Gasteiger partial charge < -0.3 is 14.0 Å². The summed E-state index contributed by atoms with van der Waals surface area (Å²) < 4.78 is 93.8. The van der Waals surface area contributed by atoms with Crippen LogP contribution in [0.1, 0.15) is 17.9 Å². The lowest BCUT2D eigenvalue weighted by Crippen LogP contribution is -2.57. The Morgan fingerprint density at radius 2 is 1.31 bits per heavy atom. The summed E-state index contributed by atoms with van der Waals surface area (Å²) in [5.41, 5.74) is 2.04. The summed E-state index contributed by atoms with van der Waals surface area (Å²) in [5, 5.41) is 1.81. The molecule has 2 aliphatic heterocycles. The van der Waals surface area contributed by atoms with Gasteiger partial charge in [-0.1, -0.05) is 66.6 Å². The standard InChI is InChI=1S/C31H20BNO2/c1-19-14-15-24-28(16-19)35-30-18-20(17-29-31(30)32(24)23-10-4-7-13-27(23)34-29)33-25-11-5-2-8-21(25)22-9-3-6-12-26(22)33/h2-18H,1H3/i4D,7D,10D,13D,14D,15D,16D,17D,18D. The van der Waals surface area contributed by atoms with Crippen LogP contribution in [0.25, 0.3) is 27.5 Å². The first-order chi connectivity index (χ1) is 21.0. The summed E-state index contributed by atoms with van der Waals surface area (Å²) in [4.78, 5) is 0. The van der Waals surface area contributed by atoms with Gasteiger partial charge in [-0.15, -0.1) is 0 Å². The molecule has 0 unspecified atom stereocenters. The quantitative estimate of drug-likeness (QED) is 0.290. The molecule has 6 aromatic rings. The van der Waals surface area contributed by atoms with Crippen LogP contribution in [0, 0.1) is 6.92 Å². The van der Waals surface area contributed by atoms with E-state index in [-0.39, 0.29) is 80.8 Å². The molecule has 35 heavy (non-hydrogen) atoms. The normalized spacial score (nSPS) is 16.7. The van der Waals surface area contributed by atoms with Crippen LogP contribution in [0.3, 0.4) is 0 Å². The smallest absolute Gasteiger partial charge is 0.260 e. The van der Waals surface area contributed by atoms with Crippen molar-refractivity contribution in [3.8, 4) is 28.7 Å². The predicted octanol–water partition coefficient (Wildman–Crippen LogP) is 5.82.